The fourth-order valence-corrected chi connectivity index (χ4v) is 5.84. The van der Waals surface area contributed by atoms with Crippen LogP contribution >= 0.6 is 0 Å². The van der Waals surface area contributed by atoms with E-state index < -0.39 is 29.3 Å². The molecule has 6 nitrogen and oxygen atoms in total. The first-order valence-electron chi connectivity index (χ1n) is 12.3. The molecule has 2 aromatic rings. The molecule has 0 radical (unpaired) electrons. The van der Waals surface area contributed by atoms with Crippen LogP contribution in [-0.4, -0.2) is 23.9 Å². The first-order valence-corrected chi connectivity index (χ1v) is 12.3. The first kappa shape index (κ1) is 22.5. The Kier molecular flexibility index (Phi) is 6.07. The molecule has 34 heavy (non-hydrogen) atoms. The van der Waals surface area contributed by atoms with Crippen LogP contribution in [-0.2, 0) is 14.9 Å². The monoisotopic (exact) mass is 460 g/mol. The molecule has 0 aromatic heterocycles. The fourth-order valence-electron chi connectivity index (χ4n) is 5.84. The van der Waals surface area contributed by atoms with Crippen molar-refractivity contribution in [2.75, 3.05) is 0 Å². The van der Waals surface area contributed by atoms with Gasteiger partial charge in [0.15, 0.2) is 0 Å². The van der Waals surface area contributed by atoms with E-state index in [9.17, 15) is 19.2 Å². The zero-order valence-corrected chi connectivity index (χ0v) is 19.2. The number of cyclic esters (lactones) is 4. The molecule has 0 N–H and O–H groups in total. The molecule has 176 valence electrons. The standard InChI is InChI=1S/C28H28O6/c29-24-19-14-13-18(17-21(19)26(31)33-24)28(15-8-6-4-2-1-3-5-7-9-16-28)22-12-10-11-20-23(22)27(32)34-25(20)30/h10-14,17H,1-9,15-16H2. The largest absolute Gasteiger partial charge is 0.386 e. The lowest BCUT2D eigenvalue weighted by Crippen LogP contribution is -2.31. The van der Waals surface area contributed by atoms with Crippen LogP contribution in [0.3, 0.4) is 0 Å². The van der Waals surface area contributed by atoms with Gasteiger partial charge in [-0.05, 0) is 42.2 Å². The lowest BCUT2D eigenvalue weighted by Gasteiger charge is -2.37. The van der Waals surface area contributed by atoms with Crippen molar-refractivity contribution in [3.8, 4) is 0 Å². The molecule has 0 amide bonds. The lowest BCUT2D eigenvalue weighted by molar-refractivity contribution is 0.0425. The van der Waals surface area contributed by atoms with Crippen molar-refractivity contribution in [1.82, 2.24) is 0 Å². The van der Waals surface area contributed by atoms with Crippen molar-refractivity contribution in [3.63, 3.8) is 0 Å². The van der Waals surface area contributed by atoms with Gasteiger partial charge in [0, 0.05) is 5.41 Å². The molecule has 1 saturated carbocycles. The molecule has 2 aromatic carbocycles. The summed E-state index contributed by atoms with van der Waals surface area (Å²) in [6, 6.07) is 10.6. The third kappa shape index (κ3) is 3.85. The molecule has 0 spiro atoms. The van der Waals surface area contributed by atoms with Crippen LogP contribution in [0.15, 0.2) is 36.4 Å². The lowest BCUT2D eigenvalue weighted by atomic mass is 9.65. The van der Waals surface area contributed by atoms with E-state index in [1.165, 1.54) is 19.3 Å². The Hall–Kier alpha value is -3.28. The third-order valence-electron chi connectivity index (χ3n) is 7.59. The number of hydrogen-bond acceptors (Lipinski definition) is 6. The molecule has 1 fully saturated rings. The summed E-state index contributed by atoms with van der Waals surface area (Å²) >= 11 is 0. The van der Waals surface area contributed by atoms with Crippen LogP contribution in [0.1, 0.15) is 123 Å². The van der Waals surface area contributed by atoms with Gasteiger partial charge in [-0.1, -0.05) is 76.0 Å². The van der Waals surface area contributed by atoms with Crippen molar-refractivity contribution in [1.29, 1.82) is 0 Å². The molecule has 6 heteroatoms. The van der Waals surface area contributed by atoms with E-state index in [2.05, 4.69) is 0 Å². The summed E-state index contributed by atoms with van der Waals surface area (Å²) in [5, 5.41) is 0. The predicted octanol–water partition coefficient (Wildman–Crippen LogP) is 5.90. The number of rotatable bonds is 2. The summed E-state index contributed by atoms with van der Waals surface area (Å²) in [5.41, 5.74) is 2.22. The highest BCUT2D eigenvalue weighted by Crippen LogP contribution is 2.46. The van der Waals surface area contributed by atoms with Gasteiger partial charge >= 0.3 is 23.9 Å². The van der Waals surface area contributed by atoms with E-state index >= 15 is 0 Å². The van der Waals surface area contributed by atoms with Crippen molar-refractivity contribution < 1.29 is 28.7 Å². The van der Waals surface area contributed by atoms with E-state index in [1.807, 2.05) is 12.1 Å². The number of fused-ring (bicyclic) bond motifs is 2. The summed E-state index contributed by atoms with van der Waals surface area (Å²) < 4.78 is 9.82. The molecule has 0 atom stereocenters. The van der Waals surface area contributed by atoms with E-state index in [-0.39, 0.29) is 11.1 Å². The zero-order valence-electron chi connectivity index (χ0n) is 19.2. The van der Waals surface area contributed by atoms with Gasteiger partial charge < -0.3 is 9.47 Å². The van der Waals surface area contributed by atoms with Crippen molar-refractivity contribution in [2.24, 2.45) is 0 Å². The van der Waals surface area contributed by atoms with Crippen LogP contribution in [0.4, 0.5) is 0 Å². The molecule has 0 bridgehead atoms. The van der Waals surface area contributed by atoms with Crippen LogP contribution in [0.25, 0.3) is 0 Å². The summed E-state index contributed by atoms with van der Waals surface area (Å²) in [6.07, 6.45) is 11.6. The van der Waals surface area contributed by atoms with Gasteiger partial charge in [0.2, 0.25) is 0 Å². The molecule has 1 aliphatic carbocycles. The minimum atomic E-state index is -0.641. The summed E-state index contributed by atoms with van der Waals surface area (Å²) in [6.45, 7) is 0. The molecular weight excluding hydrogens is 432 g/mol. The van der Waals surface area contributed by atoms with E-state index in [4.69, 9.17) is 9.47 Å². The van der Waals surface area contributed by atoms with Crippen LogP contribution in [0.2, 0.25) is 0 Å². The maximum Gasteiger partial charge on any atom is 0.347 e. The molecule has 5 rings (SSSR count). The SMILES string of the molecule is O=C1OC(=O)c2cc(C3(c4cccc5c4C(=O)OC5=O)CCCCCCCCCCC3)ccc21. The minimum Gasteiger partial charge on any atom is -0.386 e. The summed E-state index contributed by atoms with van der Waals surface area (Å²) in [4.78, 5) is 49.6. The molecule has 0 unspecified atom stereocenters. The van der Waals surface area contributed by atoms with Crippen molar-refractivity contribution >= 4 is 23.9 Å². The number of benzene rings is 2. The van der Waals surface area contributed by atoms with E-state index in [1.54, 1.807) is 24.3 Å². The molecule has 3 aliphatic rings. The highest BCUT2D eigenvalue weighted by atomic mass is 16.6. The van der Waals surface area contributed by atoms with Gasteiger partial charge in [-0.3, -0.25) is 0 Å². The Morgan fingerprint density at radius 3 is 1.79 bits per heavy atom. The first-order chi connectivity index (χ1) is 16.5. The van der Waals surface area contributed by atoms with Gasteiger partial charge in [-0.15, -0.1) is 0 Å². The van der Waals surface area contributed by atoms with E-state index in [0.29, 0.717) is 11.1 Å². The third-order valence-corrected chi connectivity index (χ3v) is 7.59. The second-order valence-electron chi connectivity index (χ2n) is 9.61. The summed E-state index contributed by atoms with van der Waals surface area (Å²) in [5.74, 6) is -2.50. The Balaban J connectivity index is 1.68. The normalized spacial score (nSPS) is 20.6. The minimum absolute atomic E-state index is 0.263. The second kappa shape index (κ2) is 9.16. The van der Waals surface area contributed by atoms with Crippen LogP contribution < -0.4 is 0 Å². The highest BCUT2D eigenvalue weighted by Gasteiger charge is 2.43. The van der Waals surface area contributed by atoms with Crippen LogP contribution in [0.5, 0.6) is 0 Å². The van der Waals surface area contributed by atoms with Gasteiger partial charge in [0.1, 0.15) is 0 Å². The maximum absolute atomic E-state index is 12.8. The average molecular weight is 461 g/mol. The summed E-state index contributed by atoms with van der Waals surface area (Å²) in [7, 11) is 0. The van der Waals surface area contributed by atoms with Gasteiger partial charge in [0.25, 0.3) is 0 Å². The topological polar surface area (TPSA) is 86.7 Å². The van der Waals surface area contributed by atoms with E-state index in [0.717, 1.165) is 62.5 Å². The van der Waals surface area contributed by atoms with Gasteiger partial charge in [-0.25, -0.2) is 19.2 Å². The Labute approximate surface area is 198 Å². The Morgan fingerprint density at radius 1 is 0.559 bits per heavy atom. The van der Waals surface area contributed by atoms with Crippen molar-refractivity contribution in [2.45, 2.75) is 76.0 Å². The number of carbonyl (C=O) groups is 4. The molecular formula is C28H28O6. The smallest absolute Gasteiger partial charge is 0.347 e. The number of esters is 4. The van der Waals surface area contributed by atoms with Gasteiger partial charge in [-0.2, -0.15) is 0 Å². The van der Waals surface area contributed by atoms with Crippen molar-refractivity contribution in [3.05, 3.63) is 69.8 Å². The zero-order chi connectivity index (χ0) is 23.7. The second-order valence-corrected chi connectivity index (χ2v) is 9.61. The highest BCUT2D eigenvalue weighted by molar-refractivity contribution is 6.16. The molecule has 0 saturated heterocycles. The Bertz CT molecular complexity index is 1170. The number of carbonyl (C=O) groups excluding carboxylic acids is 4. The predicted molar refractivity (Wildman–Crippen MR) is 124 cm³/mol. The molecule has 2 aliphatic heterocycles. The maximum atomic E-state index is 12.8. The quantitative estimate of drug-likeness (QED) is 0.410. The number of ether oxygens (including phenoxy) is 2. The fraction of sp³-hybridized carbons (Fsp3) is 0.429. The Morgan fingerprint density at radius 2 is 1.12 bits per heavy atom. The van der Waals surface area contributed by atoms with Gasteiger partial charge in [0.05, 0.1) is 22.3 Å². The average Bonchev–Trinajstić information content (AvgIpc) is 3.28. The van der Waals surface area contributed by atoms with Crippen LogP contribution in [0, 0.1) is 0 Å². The molecule has 2 heterocycles. The number of hydrogen-bond donors (Lipinski definition) is 0.